The first-order chi connectivity index (χ1) is 11.1. The van der Waals surface area contributed by atoms with Crippen LogP contribution in [0.4, 0.5) is 11.8 Å². The van der Waals surface area contributed by atoms with Crippen LogP contribution in [-0.4, -0.2) is 32.2 Å². The fourth-order valence-corrected chi connectivity index (χ4v) is 3.11. The van der Waals surface area contributed by atoms with Crippen LogP contribution in [0.5, 0.6) is 0 Å². The van der Waals surface area contributed by atoms with Crippen molar-refractivity contribution < 1.29 is 5.11 Å². The van der Waals surface area contributed by atoms with Gasteiger partial charge < -0.3 is 16.2 Å². The number of anilines is 2. The van der Waals surface area contributed by atoms with Gasteiger partial charge >= 0.3 is 0 Å². The lowest BCUT2D eigenvalue weighted by Gasteiger charge is -2.26. The topological polar surface area (TPSA) is 97.0 Å². The minimum absolute atomic E-state index is 0.159. The highest BCUT2D eigenvalue weighted by Gasteiger charge is 2.20. The molecule has 23 heavy (non-hydrogen) atoms. The number of aliphatic hydroxyl groups is 1. The van der Waals surface area contributed by atoms with Crippen LogP contribution in [0.15, 0.2) is 12.4 Å². The number of nitrogens with zero attached hydrogens (tertiary/aromatic N) is 3. The molecule has 0 bridgehead atoms. The highest BCUT2D eigenvalue weighted by Crippen LogP contribution is 2.29. The number of nitrogens with one attached hydrogen (secondary N) is 1. The standard InChI is InChI=1S/C17H25N5O/c1-3-10(2)13-8-19-16(18)14-9-20-17(22-15(13)14)21-11-4-6-12(23)7-5-11/h8-12,23H,3-7H2,1-2H3,(H2,18,19)(H,20,21,22). The molecule has 0 aromatic carbocycles. The van der Waals surface area contributed by atoms with Crippen molar-refractivity contribution in [3.63, 3.8) is 0 Å². The van der Waals surface area contributed by atoms with Gasteiger partial charge in [-0.1, -0.05) is 13.8 Å². The van der Waals surface area contributed by atoms with Gasteiger partial charge in [-0.3, -0.25) is 0 Å². The average Bonchev–Trinajstić information content (AvgIpc) is 2.56. The molecule has 124 valence electrons. The Morgan fingerprint density at radius 3 is 2.70 bits per heavy atom. The Balaban J connectivity index is 1.90. The maximum atomic E-state index is 9.61. The van der Waals surface area contributed by atoms with Crippen molar-refractivity contribution in [2.24, 2.45) is 0 Å². The summed E-state index contributed by atoms with van der Waals surface area (Å²) < 4.78 is 0. The zero-order chi connectivity index (χ0) is 16.4. The lowest BCUT2D eigenvalue weighted by atomic mass is 9.93. The molecule has 1 atom stereocenters. The summed E-state index contributed by atoms with van der Waals surface area (Å²) in [5.74, 6) is 1.48. The third-order valence-electron chi connectivity index (χ3n) is 4.85. The van der Waals surface area contributed by atoms with Crippen LogP contribution < -0.4 is 11.1 Å². The number of nitrogen functional groups attached to an aromatic ring is 1. The van der Waals surface area contributed by atoms with E-state index in [-0.39, 0.29) is 6.10 Å². The van der Waals surface area contributed by atoms with E-state index in [2.05, 4.69) is 29.1 Å². The summed E-state index contributed by atoms with van der Waals surface area (Å²) in [4.78, 5) is 13.4. The number of hydrogen-bond acceptors (Lipinski definition) is 6. The second-order valence-corrected chi connectivity index (χ2v) is 6.51. The van der Waals surface area contributed by atoms with E-state index in [0.717, 1.165) is 48.6 Å². The molecule has 2 aromatic rings. The first kappa shape index (κ1) is 15.9. The van der Waals surface area contributed by atoms with Gasteiger partial charge in [0.2, 0.25) is 5.95 Å². The maximum absolute atomic E-state index is 9.61. The molecule has 1 fully saturated rings. The minimum atomic E-state index is -0.159. The molecule has 1 aliphatic rings. The van der Waals surface area contributed by atoms with Gasteiger partial charge in [-0.2, -0.15) is 0 Å². The van der Waals surface area contributed by atoms with Crippen LogP contribution in [0.25, 0.3) is 10.9 Å². The molecule has 3 rings (SSSR count). The van der Waals surface area contributed by atoms with Gasteiger partial charge in [-0.05, 0) is 43.6 Å². The van der Waals surface area contributed by atoms with Crippen LogP contribution in [0, 0.1) is 0 Å². The second-order valence-electron chi connectivity index (χ2n) is 6.51. The van der Waals surface area contributed by atoms with E-state index in [9.17, 15) is 5.11 Å². The van der Waals surface area contributed by atoms with Gasteiger partial charge in [0.1, 0.15) is 5.82 Å². The molecule has 6 heteroatoms. The number of nitrogens with two attached hydrogens (primary N) is 1. The van der Waals surface area contributed by atoms with Gasteiger partial charge in [0.15, 0.2) is 0 Å². The van der Waals surface area contributed by atoms with Crippen molar-refractivity contribution in [2.75, 3.05) is 11.1 Å². The first-order valence-electron chi connectivity index (χ1n) is 8.44. The van der Waals surface area contributed by atoms with Gasteiger partial charge in [0.05, 0.1) is 17.0 Å². The quantitative estimate of drug-likeness (QED) is 0.802. The van der Waals surface area contributed by atoms with Crippen molar-refractivity contribution in [1.82, 2.24) is 15.0 Å². The minimum Gasteiger partial charge on any atom is -0.393 e. The number of aliphatic hydroxyl groups excluding tert-OH is 1. The Labute approximate surface area is 136 Å². The van der Waals surface area contributed by atoms with Gasteiger partial charge in [-0.15, -0.1) is 0 Å². The summed E-state index contributed by atoms with van der Waals surface area (Å²) >= 11 is 0. The Hall–Kier alpha value is -1.95. The van der Waals surface area contributed by atoms with Crippen LogP contribution in [0.2, 0.25) is 0 Å². The van der Waals surface area contributed by atoms with Crippen LogP contribution in [0.1, 0.15) is 57.4 Å². The van der Waals surface area contributed by atoms with E-state index in [1.807, 2.05) is 6.20 Å². The molecule has 0 radical (unpaired) electrons. The van der Waals surface area contributed by atoms with E-state index in [1.54, 1.807) is 6.20 Å². The molecule has 4 N–H and O–H groups in total. The lowest BCUT2D eigenvalue weighted by Crippen LogP contribution is -2.28. The van der Waals surface area contributed by atoms with E-state index in [1.165, 1.54) is 0 Å². The molecule has 2 aromatic heterocycles. The van der Waals surface area contributed by atoms with Crippen molar-refractivity contribution in [3.8, 4) is 0 Å². The highest BCUT2D eigenvalue weighted by molar-refractivity contribution is 5.90. The molecule has 2 heterocycles. The number of rotatable bonds is 4. The largest absolute Gasteiger partial charge is 0.393 e. The zero-order valence-corrected chi connectivity index (χ0v) is 13.8. The van der Waals surface area contributed by atoms with Crippen LogP contribution >= 0.6 is 0 Å². The average molecular weight is 315 g/mol. The summed E-state index contributed by atoms with van der Waals surface area (Å²) in [7, 11) is 0. The lowest BCUT2D eigenvalue weighted by molar-refractivity contribution is 0.126. The third-order valence-corrected chi connectivity index (χ3v) is 4.85. The summed E-state index contributed by atoms with van der Waals surface area (Å²) in [6.07, 6.45) is 8.01. The second kappa shape index (κ2) is 6.66. The summed E-state index contributed by atoms with van der Waals surface area (Å²) in [6, 6.07) is 0.321. The Bertz CT molecular complexity index is 682. The predicted octanol–water partition coefficient (Wildman–Crippen LogP) is 2.84. The Kier molecular flexibility index (Phi) is 4.61. The van der Waals surface area contributed by atoms with Crippen molar-refractivity contribution in [2.45, 2.75) is 64.0 Å². The van der Waals surface area contributed by atoms with E-state index in [4.69, 9.17) is 10.7 Å². The van der Waals surface area contributed by atoms with Gasteiger partial charge in [-0.25, -0.2) is 15.0 Å². The third kappa shape index (κ3) is 3.37. The molecule has 6 nitrogen and oxygen atoms in total. The fourth-order valence-electron chi connectivity index (χ4n) is 3.11. The van der Waals surface area contributed by atoms with Gasteiger partial charge in [0, 0.05) is 18.4 Å². The van der Waals surface area contributed by atoms with E-state index < -0.39 is 0 Å². The number of pyridine rings is 1. The van der Waals surface area contributed by atoms with Crippen molar-refractivity contribution in [3.05, 3.63) is 18.0 Å². The Morgan fingerprint density at radius 2 is 2.00 bits per heavy atom. The van der Waals surface area contributed by atoms with Gasteiger partial charge in [0.25, 0.3) is 0 Å². The molecule has 0 saturated heterocycles. The Morgan fingerprint density at radius 1 is 1.26 bits per heavy atom. The molecule has 1 saturated carbocycles. The highest BCUT2D eigenvalue weighted by atomic mass is 16.3. The summed E-state index contributed by atoms with van der Waals surface area (Å²) in [5, 5.41) is 13.8. The van der Waals surface area contributed by atoms with Crippen molar-refractivity contribution in [1.29, 1.82) is 0 Å². The molecule has 0 aliphatic heterocycles. The molecular formula is C17H25N5O. The number of aromatic nitrogens is 3. The molecule has 0 amide bonds. The molecule has 0 spiro atoms. The molecule has 1 aliphatic carbocycles. The zero-order valence-electron chi connectivity index (χ0n) is 13.8. The summed E-state index contributed by atoms with van der Waals surface area (Å²) in [6.45, 7) is 4.32. The van der Waals surface area contributed by atoms with Crippen LogP contribution in [0.3, 0.4) is 0 Å². The number of hydrogen-bond donors (Lipinski definition) is 3. The number of fused-ring (bicyclic) bond motifs is 1. The molecular weight excluding hydrogens is 290 g/mol. The normalized spacial score (nSPS) is 22.9. The smallest absolute Gasteiger partial charge is 0.223 e. The van der Waals surface area contributed by atoms with Crippen LogP contribution in [-0.2, 0) is 0 Å². The maximum Gasteiger partial charge on any atom is 0.223 e. The SMILES string of the molecule is CCC(C)c1cnc(N)c2cnc(NC3CCC(O)CC3)nc12. The molecule has 1 unspecified atom stereocenters. The van der Waals surface area contributed by atoms with E-state index in [0.29, 0.717) is 23.7 Å². The predicted molar refractivity (Wildman–Crippen MR) is 92.3 cm³/mol. The van der Waals surface area contributed by atoms with Crippen molar-refractivity contribution >= 4 is 22.7 Å². The fraction of sp³-hybridized carbons (Fsp3) is 0.588. The monoisotopic (exact) mass is 315 g/mol. The summed E-state index contributed by atoms with van der Waals surface area (Å²) in [5.41, 5.74) is 7.98. The van der Waals surface area contributed by atoms with E-state index >= 15 is 0 Å². The first-order valence-corrected chi connectivity index (χ1v) is 8.44.